The van der Waals surface area contributed by atoms with Gasteiger partial charge >= 0.3 is 6.09 Å². The monoisotopic (exact) mass is 526 g/mol. The molecule has 0 bridgehead atoms. The van der Waals surface area contributed by atoms with Gasteiger partial charge in [-0.25, -0.2) is 9.79 Å². The van der Waals surface area contributed by atoms with Crippen LogP contribution < -0.4 is 20.7 Å². The van der Waals surface area contributed by atoms with Gasteiger partial charge in [0.25, 0.3) is 0 Å². The molecule has 0 aliphatic heterocycles. The van der Waals surface area contributed by atoms with Crippen molar-refractivity contribution in [1.82, 2.24) is 10.6 Å². The second-order valence-corrected chi connectivity index (χ2v) is 6.49. The molecule has 0 radical (unpaired) electrons. The molecule has 2 aromatic carbocycles. The third-order valence-electron chi connectivity index (χ3n) is 4.33. The first-order chi connectivity index (χ1) is 14.0. The molecule has 8 heteroatoms. The van der Waals surface area contributed by atoms with Crippen LogP contribution in [0.15, 0.2) is 47.5 Å². The minimum atomic E-state index is -0.486. The summed E-state index contributed by atoms with van der Waals surface area (Å²) in [5.41, 5.74) is 4.07. The average molecular weight is 526 g/mol. The zero-order valence-electron chi connectivity index (χ0n) is 18.0. The molecule has 7 nitrogen and oxygen atoms in total. The molecule has 0 atom stereocenters. The van der Waals surface area contributed by atoms with Crippen LogP contribution in [0.5, 0.6) is 5.75 Å². The van der Waals surface area contributed by atoms with Gasteiger partial charge in [0, 0.05) is 18.8 Å². The van der Waals surface area contributed by atoms with Crippen LogP contribution in [0.4, 0.5) is 10.5 Å². The topological polar surface area (TPSA) is 84.0 Å². The van der Waals surface area contributed by atoms with Gasteiger partial charge < -0.3 is 20.1 Å². The SMILES string of the molecule is CCNC(=NCc1ccc(NC(=O)OC)cc1)NCCc1ccc(C)c(OC)c1.I. The largest absolute Gasteiger partial charge is 0.496 e. The van der Waals surface area contributed by atoms with Crippen LogP contribution in [0.2, 0.25) is 0 Å². The van der Waals surface area contributed by atoms with Crippen molar-refractivity contribution < 1.29 is 14.3 Å². The predicted molar refractivity (Wildman–Crippen MR) is 132 cm³/mol. The van der Waals surface area contributed by atoms with Gasteiger partial charge in [-0.15, -0.1) is 24.0 Å². The van der Waals surface area contributed by atoms with Crippen molar-refractivity contribution in [1.29, 1.82) is 0 Å². The van der Waals surface area contributed by atoms with Crippen molar-refractivity contribution in [2.24, 2.45) is 4.99 Å². The summed E-state index contributed by atoms with van der Waals surface area (Å²) >= 11 is 0. The van der Waals surface area contributed by atoms with Gasteiger partial charge in [-0.2, -0.15) is 0 Å². The van der Waals surface area contributed by atoms with E-state index >= 15 is 0 Å². The van der Waals surface area contributed by atoms with Gasteiger partial charge in [-0.3, -0.25) is 5.32 Å². The molecule has 1 amide bonds. The number of nitrogens with zero attached hydrogens (tertiary/aromatic N) is 1. The number of nitrogens with one attached hydrogen (secondary N) is 3. The molecule has 0 spiro atoms. The maximum absolute atomic E-state index is 11.2. The van der Waals surface area contributed by atoms with Crippen molar-refractivity contribution in [3.05, 3.63) is 59.2 Å². The number of carbonyl (C=O) groups excluding carboxylic acids is 1. The fraction of sp³-hybridized carbons (Fsp3) is 0.364. The average Bonchev–Trinajstić information content (AvgIpc) is 2.74. The fourth-order valence-electron chi connectivity index (χ4n) is 2.72. The van der Waals surface area contributed by atoms with Gasteiger partial charge in [-0.1, -0.05) is 24.3 Å². The van der Waals surface area contributed by atoms with Gasteiger partial charge in [-0.05, 0) is 55.2 Å². The Hall–Kier alpha value is -2.49. The third-order valence-corrected chi connectivity index (χ3v) is 4.33. The van der Waals surface area contributed by atoms with Crippen LogP contribution in [0.3, 0.4) is 0 Å². The number of aryl methyl sites for hydroxylation is 1. The van der Waals surface area contributed by atoms with E-state index in [1.165, 1.54) is 12.7 Å². The second kappa shape index (κ2) is 13.7. The molecule has 0 unspecified atom stereocenters. The summed E-state index contributed by atoms with van der Waals surface area (Å²) in [6.07, 6.45) is 0.384. The highest BCUT2D eigenvalue weighted by Gasteiger charge is 2.03. The number of rotatable bonds is 8. The van der Waals surface area contributed by atoms with E-state index in [9.17, 15) is 4.79 Å². The zero-order valence-corrected chi connectivity index (χ0v) is 20.3. The number of halogens is 1. The Kier molecular flexibility index (Phi) is 11.7. The van der Waals surface area contributed by atoms with Crippen LogP contribution >= 0.6 is 24.0 Å². The summed E-state index contributed by atoms with van der Waals surface area (Å²) < 4.78 is 9.97. The normalized spacial score (nSPS) is 10.6. The van der Waals surface area contributed by atoms with Gasteiger partial charge in [0.05, 0.1) is 20.8 Å². The molecular weight excluding hydrogens is 495 g/mol. The molecule has 30 heavy (non-hydrogen) atoms. The van der Waals surface area contributed by atoms with Crippen LogP contribution in [0, 0.1) is 6.92 Å². The van der Waals surface area contributed by atoms with Gasteiger partial charge in [0.1, 0.15) is 5.75 Å². The Morgan fingerprint density at radius 3 is 2.37 bits per heavy atom. The first kappa shape index (κ1) is 25.5. The Balaban J connectivity index is 0.00000450. The summed E-state index contributed by atoms with van der Waals surface area (Å²) in [7, 11) is 3.03. The minimum absolute atomic E-state index is 0. The number of benzene rings is 2. The Labute approximate surface area is 195 Å². The van der Waals surface area contributed by atoms with Crippen molar-refractivity contribution >= 4 is 41.7 Å². The van der Waals surface area contributed by atoms with Crippen LogP contribution in [-0.2, 0) is 17.7 Å². The summed E-state index contributed by atoms with van der Waals surface area (Å²) in [5, 5.41) is 9.25. The molecule has 0 aliphatic rings. The van der Waals surface area contributed by atoms with E-state index in [2.05, 4.69) is 43.9 Å². The molecule has 0 saturated carbocycles. The third kappa shape index (κ3) is 8.48. The van der Waals surface area contributed by atoms with Crippen LogP contribution in [0.1, 0.15) is 23.6 Å². The zero-order chi connectivity index (χ0) is 21.1. The lowest BCUT2D eigenvalue weighted by Crippen LogP contribution is -2.38. The maximum Gasteiger partial charge on any atom is 0.411 e. The number of hydrogen-bond donors (Lipinski definition) is 3. The minimum Gasteiger partial charge on any atom is -0.496 e. The summed E-state index contributed by atoms with van der Waals surface area (Å²) in [4.78, 5) is 15.9. The lowest BCUT2D eigenvalue weighted by Gasteiger charge is -2.12. The van der Waals surface area contributed by atoms with E-state index in [1.54, 1.807) is 7.11 Å². The lowest BCUT2D eigenvalue weighted by molar-refractivity contribution is 0.187. The molecule has 2 aromatic rings. The lowest BCUT2D eigenvalue weighted by atomic mass is 10.1. The summed E-state index contributed by atoms with van der Waals surface area (Å²) in [6.45, 7) is 6.16. The standard InChI is InChI=1S/C22H30N4O3.HI/c1-5-23-21(24-13-12-17-7-6-16(2)20(14-17)28-3)25-15-18-8-10-19(11-9-18)26-22(27)29-4;/h6-11,14H,5,12-13,15H2,1-4H3,(H,26,27)(H2,23,24,25);1H. The maximum atomic E-state index is 11.2. The van der Waals surface area contributed by atoms with E-state index in [1.807, 2.05) is 38.1 Å². The van der Waals surface area contributed by atoms with E-state index < -0.39 is 6.09 Å². The molecule has 2 rings (SSSR count). The van der Waals surface area contributed by atoms with E-state index in [0.717, 1.165) is 42.3 Å². The molecule has 164 valence electrons. The fourth-order valence-corrected chi connectivity index (χ4v) is 2.72. The molecule has 0 saturated heterocycles. The Morgan fingerprint density at radius 2 is 1.73 bits per heavy atom. The highest BCUT2D eigenvalue weighted by atomic mass is 127. The van der Waals surface area contributed by atoms with Crippen LogP contribution in [0.25, 0.3) is 0 Å². The Morgan fingerprint density at radius 1 is 1.03 bits per heavy atom. The van der Waals surface area contributed by atoms with E-state index in [4.69, 9.17) is 4.74 Å². The van der Waals surface area contributed by atoms with Gasteiger partial charge in [0.2, 0.25) is 0 Å². The van der Waals surface area contributed by atoms with Crippen LogP contribution in [-0.4, -0.2) is 39.4 Å². The van der Waals surface area contributed by atoms with Crippen molar-refractivity contribution in [3.63, 3.8) is 0 Å². The number of carbonyl (C=O) groups is 1. The smallest absolute Gasteiger partial charge is 0.411 e. The number of guanidine groups is 1. The van der Waals surface area contributed by atoms with Crippen molar-refractivity contribution in [3.8, 4) is 5.75 Å². The Bertz CT molecular complexity index is 826. The molecule has 0 heterocycles. The molecule has 0 aliphatic carbocycles. The highest BCUT2D eigenvalue weighted by Crippen LogP contribution is 2.19. The molecule has 3 N–H and O–H groups in total. The highest BCUT2D eigenvalue weighted by molar-refractivity contribution is 14.0. The first-order valence-electron chi connectivity index (χ1n) is 9.65. The van der Waals surface area contributed by atoms with E-state index in [-0.39, 0.29) is 24.0 Å². The number of anilines is 1. The van der Waals surface area contributed by atoms with Crippen molar-refractivity contribution in [2.45, 2.75) is 26.8 Å². The molecule has 0 fully saturated rings. The summed E-state index contributed by atoms with van der Waals surface area (Å²) in [5.74, 6) is 1.68. The number of methoxy groups -OCH3 is 2. The number of amides is 1. The summed E-state index contributed by atoms with van der Waals surface area (Å²) in [6, 6.07) is 13.8. The quantitative estimate of drug-likeness (QED) is 0.274. The first-order valence-corrected chi connectivity index (χ1v) is 9.65. The number of hydrogen-bond acceptors (Lipinski definition) is 4. The second-order valence-electron chi connectivity index (χ2n) is 6.49. The van der Waals surface area contributed by atoms with Gasteiger partial charge in [0.15, 0.2) is 5.96 Å². The van der Waals surface area contributed by atoms with Crippen molar-refractivity contribution in [2.75, 3.05) is 32.6 Å². The molecular formula is C22H31IN4O3. The predicted octanol–water partition coefficient (Wildman–Crippen LogP) is 4.10. The van der Waals surface area contributed by atoms with E-state index in [0.29, 0.717) is 12.2 Å². The molecule has 0 aromatic heterocycles. The number of aliphatic imine (C=N–C) groups is 1. The number of ether oxygens (including phenoxy) is 2.